The predicted octanol–water partition coefficient (Wildman–Crippen LogP) is 2.91. The molecule has 426 valence electrons. The minimum atomic E-state index is -0.372. The van der Waals surface area contributed by atoms with Gasteiger partial charge in [-0.25, -0.2) is 9.97 Å². The smallest absolute Gasteiger partial charge is 1.00 e. The molecular weight excluding hydrogens is 1160 g/mol. The maximum absolute atomic E-state index is 12.9. The molecule has 2 amide bonds. The molecule has 18 nitrogen and oxygen atoms in total. The van der Waals surface area contributed by atoms with E-state index in [9.17, 15) is 9.59 Å². The zero-order valence-corrected chi connectivity index (χ0v) is 56.2. The molecule has 2 aromatic carbocycles. The number of carbonyl (C=O) groups excluding carboxylic acids is 3. The first kappa shape index (κ1) is 66.7. The Bertz CT molecular complexity index is 3330. The van der Waals surface area contributed by atoms with Gasteiger partial charge in [-0.3, -0.25) is 24.4 Å². The number of halogens is 1. The molecule has 22 heteroatoms. The Morgan fingerprint density at radius 3 is 1.72 bits per heavy atom. The number of imidazole rings is 2. The van der Waals surface area contributed by atoms with Crippen molar-refractivity contribution in [3.8, 4) is 11.3 Å². The van der Waals surface area contributed by atoms with Crippen LogP contribution < -0.4 is 113 Å². The molecule has 6 aromatic rings. The van der Waals surface area contributed by atoms with Crippen molar-refractivity contribution in [1.29, 1.82) is 0 Å². The molecule has 0 bridgehead atoms. The largest absolute Gasteiger partial charge is 1.00 e. The van der Waals surface area contributed by atoms with Gasteiger partial charge in [0.05, 0.1) is 79.2 Å². The van der Waals surface area contributed by atoms with Crippen LogP contribution in [0.3, 0.4) is 0 Å². The number of likely N-dealkylation sites (N-methyl/N-ethyl adjacent to an activating group) is 2. The van der Waals surface area contributed by atoms with Gasteiger partial charge in [0.1, 0.15) is 28.3 Å². The standard InChI is InChI=1S/C27H30N4O3.C20H24BNO3.C11H14BrN3O.CH2O3.CH4.2K.H/c1-17-27(32)30(2)16-24-25(29-26(31(17)24)19-8-12-34-13-9-19)21-5-3-4-20-14-23(28-15-22(20)21)18-6-10-33-11-7-18;1-19(2)20(3,4)25-21(24-19)17-7-5-6-15-12-18(22-13-16(15)17)14-8-10-23-11-9-14;1-6-11(16)14(2)5-8-9(12)13-10(15(6)8)7-3-4-7;2-1-4-3;;;;/h3-6,14-15,17,19H,7-13,16H2,1-2H3;5-8,12-13H,9-11H2,1-4H3;6-7H,3-5H2,1-2H3;1,3H;1H4;;;/q;;;;;2*+1;-1/p-1. The first-order chi connectivity index (χ1) is 38.0. The van der Waals surface area contributed by atoms with Crippen LogP contribution in [0.5, 0.6) is 0 Å². The van der Waals surface area contributed by atoms with Crippen LogP contribution in [0.25, 0.3) is 43.9 Å². The van der Waals surface area contributed by atoms with Crippen LogP contribution in [0.15, 0.2) is 77.7 Å². The molecule has 0 radical (unpaired) electrons. The summed E-state index contributed by atoms with van der Waals surface area (Å²) in [5.41, 5.74) is 9.19. The van der Waals surface area contributed by atoms with Crippen molar-refractivity contribution in [1.82, 2.24) is 38.9 Å². The van der Waals surface area contributed by atoms with E-state index in [1.165, 1.54) is 24.0 Å². The zero-order chi connectivity index (χ0) is 55.8. The summed E-state index contributed by atoms with van der Waals surface area (Å²) >= 11 is 3.50. The normalized spacial score (nSPS) is 20.8. The van der Waals surface area contributed by atoms with Crippen LogP contribution in [0.1, 0.15) is 147 Å². The fourth-order valence-corrected chi connectivity index (χ4v) is 11.8. The summed E-state index contributed by atoms with van der Waals surface area (Å²) in [4.78, 5) is 59.0. The predicted molar refractivity (Wildman–Crippen MR) is 309 cm³/mol. The Kier molecular flexibility index (Phi) is 23.4. The van der Waals surface area contributed by atoms with Gasteiger partial charge in [-0.1, -0.05) is 56.0 Å². The molecule has 6 aliphatic heterocycles. The van der Waals surface area contributed by atoms with Crippen LogP contribution in [0.4, 0.5) is 0 Å². The van der Waals surface area contributed by atoms with E-state index >= 15 is 0 Å². The second kappa shape index (κ2) is 28.8. The van der Waals surface area contributed by atoms with Gasteiger partial charge in [-0.05, 0) is 141 Å². The Morgan fingerprint density at radius 2 is 1.20 bits per heavy atom. The van der Waals surface area contributed by atoms with Crippen molar-refractivity contribution in [3.05, 3.63) is 112 Å². The van der Waals surface area contributed by atoms with E-state index in [4.69, 9.17) is 48.5 Å². The average molecular weight is 1240 g/mol. The van der Waals surface area contributed by atoms with Gasteiger partial charge in [-0.15, -0.1) is 0 Å². The quantitative estimate of drug-likeness (QED) is 0.0980. The number of benzene rings is 2. The number of pyridine rings is 2. The summed E-state index contributed by atoms with van der Waals surface area (Å²) in [7, 11) is 3.35. The molecule has 10 heterocycles. The topological polar surface area (TPSA) is 198 Å². The molecule has 2 unspecified atom stereocenters. The van der Waals surface area contributed by atoms with Crippen LogP contribution in [0.2, 0.25) is 0 Å². The minimum Gasteiger partial charge on any atom is -1.00 e. The third-order valence-corrected chi connectivity index (χ3v) is 17.2. The fraction of sp³-hybridized carbons (Fsp3) is 0.483. The number of ether oxygens (including phenoxy) is 3. The maximum Gasteiger partial charge on any atom is 1.00 e. The van der Waals surface area contributed by atoms with E-state index in [1.54, 1.807) is 4.90 Å². The van der Waals surface area contributed by atoms with Crippen LogP contribution >= 0.6 is 15.9 Å². The van der Waals surface area contributed by atoms with E-state index < -0.39 is 0 Å². The number of amides is 2. The van der Waals surface area contributed by atoms with E-state index in [2.05, 4.69) is 123 Å². The number of carbonyl (C=O) groups is 3. The molecular formula is C60H74BBrK2N8O10. The Morgan fingerprint density at radius 1 is 0.707 bits per heavy atom. The number of hydrogen-bond acceptors (Lipinski definition) is 14. The average Bonchev–Trinajstić information content (AvgIpc) is 4.25. The van der Waals surface area contributed by atoms with Crippen LogP contribution in [0, 0.1) is 0 Å². The minimum absolute atomic E-state index is 0. The summed E-state index contributed by atoms with van der Waals surface area (Å²) in [6.45, 7) is 17.6. The van der Waals surface area contributed by atoms with Crippen molar-refractivity contribution in [2.75, 3.05) is 53.7 Å². The molecule has 4 aromatic heterocycles. The van der Waals surface area contributed by atoms with Crippen molar-refractivity contribution >= 4 is 79.5 Å². The van der Waals surface area contributed by atoms with E-state index in [1.807, 2.05) is 45.2 Å². The van der Waals surface area contributed by atoms with Gasteiger partial charge in [-0.2, -0.15) is 0 Å². The number of aromatic nitrogens is 6. The second-order valence-corrected chi connectivity index (χ2v) is 23.0. The Labute approximate surface area is 576 Å². The molecule has 13 rings (SSSR count). The summed E-state index contributed by atoms with van der Waals surface area (Å²) in [6, 6.07) is 16.6. The van der Waals surface area contributed by atoms with Gasteiger partial charge in [0.25, 0.3) is 6.47 Å². The van der Waals surface area contributed by atoms with Crippen molar-refractivity contribution in [3.63, 3.8) is 0 Å². The third kappa shape index (κ3) is 14.1. The maximum atomic E-state index is 12.9. The summed E-state index contributed by atoms with van der Waals surface area (Å²) < 4.78 is 34.2. The number of rotatable bonds is 7. The van der Waals surface area contributed by atoms with Crippen molar-refractivity contribution < 1.29 is 152 Å². The molecule has 3 fully saturated rings. The first-order valence-electron chi connectivity index (χ1n) is 27.3. The van der Waals surface area contributed by atoms with Crippen molar-refractivity contribution in [2.24, 2.45) is 0 Å². The number of nitrogens with zero attached hydrogens (tertiary/aromatic N) is 8. The van der Waals surface area contributed by atoms with E-state index in [0.717, 1.165) is 129 Å². The second-order valence-electron chi connectivity index (χ2n) is 22.2. The summed E-state index contributed by atoms with van der Waals surface area (Å²) in [5, 5.41) is 12.9. The number of fused-ring (bicyclic) bond motifs is 4. The van der Waals surface area contributed by atoms with Gasteiger partial charge in [0, 0.05) is 62.5 Å². The van der Waals surface area contributed by atoms with Crippen molar-refractivity contribution in [2.45, 2.75) is 136 Å². The van der Waals surface area contributed by atoms with Gasteiger partial charge >= 0.3 is 110 Å². The zero-order valence-electron chi connectivity index (χ0n) is 49.3. The molecule has 0 N–H and O–H groups in total. The van der Waals surface area contributed by atoms with E-state index in [-0.39, 0.29) is 160 Å². The summed E-state index contributed by atoms with van der Waals surface area (Å²) in [6.07, 6.45) is 14.3. The Balaban J connectivity index is 0.000000199. The summed E-state index contributed by atoms with van der Waals surface area (Å²) in [5.74, 6) is 3.31. The van der Waals surface area contributed by atoms with E-state index in [0.29, 0.717) is 38.1 Å². The van der Waals surface area contributed by atoms with Gasteiger partial charge < -0.3 is 54.0 Å². The monoisotopic (exact) mass is 1230 g/mol. The van der Waals surface area contributed by atoms with Crippen LogP contribution in [-0.4, -0.2) is 129 Å². The first-order valence-corrected chi connectivity index (χ1v) is 28.1. The molecule has 82 heavy (non-hydrogen) atoms. The molecule has 7 aliphatic rings. The molecule has 2 atom stereocenters. The molecule has 1 aliphatic carbocycles. The number of hydrogen-bond donors (Lipinski definition) is 0. The van der Waals surface area contributed by atoms with Gasteiger partial charge in [0.2, 0.25) is 11.8 Å². The third-order valence-electron chi connectivity index (χ3n) is 16.5. The Hall–Kier alpha value is -2.85. The van der Waals surface area contributed by atoms with Crippen LogP contribution in [-0.2, 0) is 55.9 Å². The molecule has 0 spiro atoms. The fourth-order valence-electron chi connectivity index (χ4n) is 11.3. The van der Waals surface area contributed by atoms with Gasteiger partial charge in [0.15, 0.2) is 0 Å². The molecule has 1 saturated carbocycles. The SMILES string of the molecule is C.CC1(C)OB(c2cccc3cc(C4=CCOCC4)ncc23)OC1(C)C.CC1C(=O)N(C)Cc2c(-c3cccc4cc(C5=CCOCC5)ncc34)nc(C3CCOCC3)n21.CC1C(=O)N(C)Cc2c(Br)nc(C3CC3)n21.O=CO[O-].[H-].[K+].[K+]. The molecule has 2 saturated heterocycles.